The van der Waals surface area contributed by atoms with Crippen LogP contribution in [0.3, 0.4) is 0 Å². The minimum Gasteiger partial charge on any atom is -0.444 e. The van der Waals surface area contributed by atoms with Gasteiger partial charge >= 0.3 is 6.09 Å². The predicted octanol–water partition coefficient (Wildman–Crippen LogP) is 3.87. The van der Waals surface area contributed by atoms with Gasteiger partial charge in [-0.05, 0) is 32.8 Å². The summed E-state index contributed by atoms with van der Waals surface area (Å²) in [6.45, 7) is 11.5. The number of nitrogens with zero attached hydrogens (tertiary/aromatic N) is 2. The molecule has 2 heterocycles. The fourth-order valence-electron chi connectivity index (χ4n) is 4.64. The molecule has 38 heavy (non-hydrogen) atoms. The molecule has 0 radical (unpaired) electrons. The lowest BCUT2D eigenvalue weighted by Gasteiger charge is -2.26. The van der Waals surface area contributed by atoms with Crippen LogP contribution in [0.4, 0.5) is 4.79 Å². The highest BCUT2D eigenvalue weighted by atomic mass is 16.6. The van der Waals surface area contributed by atoms with Crippen LogP contribution in [0.25, 0.3) is 0 Å². The van der Waals surface area contributed by atoms with E-state index in [2.05, 4.69) is 15.8 Å². The van der Waals surface area contributed by atoms with Crippen LogP contribution >= 0.6 is 0 Å². The first-order chi connectivity index (χ1) is 17.9. The second-order valence-corrected chi connectivity index (χ2v) is 10.6. The van der Waals surface area contributed by atoms with Crippen LogP contribution in [0.15, 0.2) is 34.9 Å². The quantitative estimate of drug-likeness (QED) is 0.449. The first kappa shape index (κ1) is 28.9. The Balaban J connectivity index is 1.63. The van der Waals surface area contributed by atoms with Crippen molar-refractivity contribution in [2.24, 2.45) is 5.41 Å². The lowest BCUT2D eigenvalue weighted by atomic mass is 9.90. The highest BCUT2D eigenvalue weighted by Crippen LogP contribution is 2.33. The summed E-state index contributed by atoms with van der Waals surface area (Å²) in [5.41, 5.74) is 1.25. The van der Waals surface area contributed by atoms with Gasteiger partial charge in [-0.25, -0.2) is 4.79 Å². The summed E-state index contributed by atoms with van der Waals surface area (Å²) in [5.74, 6) is -1.29. The number of likely N-dealkylation sites (tertiary alicyclic amines) is 1. The first-order valence-electron chi connectivity index (χ1n) is 13.0. The van der Waals surface area contributed by atoms with E-state index in [1.54, 1.807) is 25.7 Å². The monoisotopic (exact) mass is 526 g/mol. The van der Waals surface area contributed by atoms with E-state index in [-0.39, 0.29) is 18.5 Å². The molecule has 1 aliphatic rings. The van der Waals surface area contributed by atoms with Gasteiger partial charge in [0.25, 0.3) is 11.8 Å². The van der Waals surface area contributed by atoms with Crippen LogP contribution in [0.2, 0.25) is 0 Å². The zero-order chi connectivity index (χ0) is 28.0. The predicted molar refractivity (Wildman–Crippen MR) is 140 cm³/mol. The van der Waals surface area contributed by atoms with Crippen LogP contribution in [-0.2, 0) is 14.3 Å². The average Bonchev–Trinajstić information content (AvgIpc) is 3.37. The summed E-state index contributed by atoms with van der Waals surface area (Å²) in [7, 11) is 0. The summed E-state index contributed by atoms with van der Waals surface area (Å²) in [6, 6.07) is 7.92. The molecule has 2 N–H and O–H groups in total. The number of alkyl carbamates (subject to hydrolysis) is 1. The third kappa shape index (κ3) is 6.79. The molecule has 0 bridgehead atoms. The van der Waals surface area contributed by atoms with Crippen molar-refractivity contribution in [2.45, 2.75) is 79.0 Å². The SMILES string of the molecule is CCCC[C@H](NC(=O)O[C@@H]1CN(C(=O)c2c(C)noc2C)CC1(C)C)C(=O)C(=O)N[C@H](C)c1ccccc1. The number of aryl methyl sites for hydroxylation is 2. The molecule has 1 aromatic carbocycles. The van der Waals surface area contributed by atoms with E-state index in [4.69, 9.17) is 9.26 Å². The second-order valence-electron chi connectivity index (χ2n) is 10.6. The molecule has 0 aliphatic carbocycles. The molecule has 206 valence electrons. The van der Waals surface area contributed by atoms with E-state index < -0.39 is 35.3 Å². The molecule has 10 heteroatoms. The Kier molecular flexibility index (Phi) is 9.30. The summed E-state index contributed by atoms with van der Waals surface area (Å²) in [5, 5.41) is 9.17. The molecule has 0 unspecified atom stereocenters. The number of Topliss-reactive ketones (excluding diaryl/α,β-unsaturated/α-hetero) is 1. The Morgan fingerprint density at radius 2 is 1.84 bits per heavy atom. The number of carbonyl (C=O) groups excluding carboxylic acids is 4. The number of nitrogens with one attached hydrogen (secondary N) is 2. The second kappa shape index (κ2) is 12.2. The van der Waals surface area contributed by atoms with Crippen molar-refractivity contribution in [3.63, 3.8) is 0 Å². The summed E-state index contributed by atoms with van der Waals surface area (Å²) >= 11 is 0. The number of benzene rings is 1. The molecule has 1 fully saturated rings. The molecule has 3 amide bonds. The summed E-state index contributed by atoms with van der Waals surface area (Å²) in [6.07, 6.45) is 0.334. The van der Waals surface area contributed by atoms with Gasteiger partial charge in [0, 0.05) is 12.0 Å². The van der Waals surface area contributed by atoms with Gasteiger partial charge in [0.05, 0.1) is 18.3 Å². The number of amides is 3. The molecule has 1 aromatic heterocycles. The zero-order valence-corrected chi connectivity index (χ0v) is 23.0. The van der Waals surface area contributed by atoms with Gasteiger partial charge in [-0.15, -0.1) is 0 Å². The smallest absolute Gasteiger partial charge is 0.408 e. The number of hydrogen-bond acceptors (Lipinski definition) is 7. The van der Waals surface area contributed by atoms with E-state index in [1.807, 2.05) is 51.1 Å². The molecule has 1 saturated heterocycles. The van der Waals surface area contributed by atoms with Gasteiger partial charge < -0.3 is 24.8 Å². The maximum Gasteiger partial charge on any atom is 0.408 e. The zero-order valence-electron chi connectivity index (χ0n) is 23.0. The Morgan fingerprint density at radius 3 is 2.45 bits per heavy atom. The van der Waals surface area contributed by atoms with Crippen LogP contribution in [0.5, 0.6) is 0 Å². The van der Waals surface area contributed by atoms with Crippen molar-refractivity contribution >= 4 is 23.7 Å². The lowest BCUT2D eigenvalue weighted by molar-refractivity contribution is -0.139. The normalized spacial score (nSPS) is 17.9. The van der Waals surface area contributed by atoms with E-state index in [9.17, 15) is 19.2 Å². The first-order valence-corrected chi connectivity index (χ1v) is 13.0. The van der Waals surface area contributed by atoms with Crippen molar-refractivity contribution in [1.82, 2.24) is 20.7 Å². The molecule has 10 nitrogen and oxygen atoms in total. The van der Waals surface area contributed by atoms with Gasteiger partial charge in [-0.3, -0.25) is 14.4 Å². The van der Waals surface area contributed by atoms with Gasteiger partial charge in [0.15, 0.2) is 0 Å². The number of aromatic nitrogens is 1. The summed E-state index contributed by atoms with van der Waals surface area (Å²) in [4.78, 5) is 53.4. The molecule has 0 saturated carbocycles. The number of unbranched alkanes of at least 4 members (excludes halogenated alkanes) is 1. The molecular formula is C28H38N4O6. The molecular weight excluding hydrogens is 488 g/mol. The van der Waals surface area contributed by atoms with E-state index in [0.717, 1.165) is 12.0 Å². The van der Waals surface area contributed by atoms with Gasteiger partial charge in [0.1, 0.15) is 23.5 Å². The van der Waals surface area contributed by atoms with Crippen molar-refractivity contribution in [1.29, 1.82) is 0 Å². The van der Waals surface area contributed by atoms with E-state index >= 15 is 0 Å². The van der Waals surface area contributed by atoms with Gasteiger partial charge in [0.2, 0.25) is 5.78 Å². The van der Waals surface area contributed by atoms with Crippen LogP contribution in [0, 0.1) is 19.3 Å². The molecule has 3 atom stereocenters. The third-order valence-electron chi connectivity index (χ3n) is 6.97. The van der Waals surface area contributed by atoms with Crippen LogP contribution in [0.1, 0.15) is 80.4 Å². The van der Waals surface area contributed by atoms with Gasteiger partial charge in [-0.1, -0.05) is 69.1 Å². The summed E-state index contributed by atoms with van der Waals surface area (Å²) < 4.78 is 10.8. The average molecular weight is 527 g/mol. The number of ether oxygens (including phenoxy) is 1. The number of rotatable bonds is 10. The van der Waals surface area contributed by atoms with Crippen molar-refractivity contribution < 1.29 is 28.4 Å². The maximum absolute atomic E-state index is 13.1. The minimum atomic E-state index is -1.02. The topological polar surface area (TPSA) is 131 Å². The minimum absolute atomic E-state index is 0.186. The van der Waals surface area contributed by atoms with Crippen LogP contribution < -0.4 is 10.6 Å². The fraction of sp³-hybridized carbons (Fsp3) is 0.536. The Hall–Kier alpha value is -3.69. The number of carbonyl (C=O) groups is 4. The molecule has 2 aromatic rings. The maximum atomic E-state index is 13.1. The van der Waals surface area contributed by atoms with Crippen molar-refractivity contribution in [3.8, 4) is 0 Å². The number of ketones is 1. The largest absolute Gasteiger partial charge is 0.444 e. The van der Waals surface area contributed by atoms with E-state index in [0.29, 0.717) is 36.4 Å². The third-order valence-corrected chi connectivity index (χ3v) is 6.97. The van der Waals surface area contributed by atoms with Crippen LogP contribution in [-0.4, -0.2) is 59.0 Å². The lowest BCUT2D eigenvalue weighted by Crippen LogP contribution is -2.49. The fourth-order valence-corrected chi connectivity index (χ4v) is 4.64. The van der Waals surface area contributed by atoms with Crippen molar-refractivity contribution in [2.75, 3.05) is 13.1 Å². The van der Waals surface area contributed by atoms with Crippen molar-refractivity contribution in [3.05, 3.63) is 52.9 Å². The Morgan fingerprint density at radius 1 is 1.16 bits per heavy atom. The standard InChI is InChI=1S/C28H38N4O6/c1-7-8-14-21(24(33)25(34)29-17(2)20-12-10-9-11-13-20)30-27(36)37-22-15-32(16-28(22,5)6)26(35)23-18(3)31-38-19(23)4/h9-13,17,21-22H,7-8,14-16H2,1-6H3,(H,29,34)(H,30,36)/t17-,21+,22-/m1/s1. The Labute approximate surface area is 223 Å². The molecule has 1 aliphatic heterocycles. The number of hydrogen-bond donors (Lipinski definition) is 2. The highest BCUT2D eigenvalue weighted by Gasteiger charge is 2.45. The van der Waals surface area contributed by atoms with E-state index in [1.165, 1.54) is 0 Å². The molecule has 3 rings (SSSR count). The molecule has 0 spiro atoms. The van der Waals surface area contributed by atoms with Gasteiger partial charge in [-0.2, -0.15) is 0 Å². The highest BCUT2D eigenvalue weighted by molar-refractivity contribution is 6.38. The Bertz CT molecular complexity index is 1140.